The number of benzene rings is 2. The molecule has 1 N–H and O–H groups in total. The second-order valence-corrected chi connectivity index (χ2v) is 4.83. The molecule has 3 heteroatoms. The largest absolute Gasteiger partial charge is 0.506 e. The van der Waals surface area contributed by atoms with E-state index in [4.69, 9.17) is 4.74 Å². The maximum atomic E-state index is 11.9. The van der Waals surface area contributed by atoms with E-state index >= 15 is 0 Å². The number of hydrogen-bond acceptors (Lipinski definition) is 3. The molecule has 0 fully saturated rings. The summed E-state index contributed by atoms with van der Waals surface area (Å²) in [6.45, 7) is 5.72. The second kappa shape index (κ2) is 5.37. The van der Waals surface area contributed by atoms with Crippen LogP contribution in [-0.2, 0) is 4.74 Å². The van der Waals surface area contributed by atoms with Crippen molar-refractivity contribution in [3.63, 3.8) is 0 Å². The number of rotatable bonds is 2. The zero-order valence-corrected chi connectivity index (χ0v) is 12.2. The third kappa shape index (κ3) is 2.16. The highest BCUT2D eigenvalue weighted by Gasteiger charge is 2.23. The summed E-state index contributed by atoms with van der Waals surface area (Å²) in [6.07, 6.45) is 0. The fourth-order valence-corrected chi connectivity index (χ4v) is 2.45. The van der Waals surface area contributed by atoms with Crippen LogP contribution in [0.3, 0.4) is 0 Å². The minimum Gasteiger partial charge on any atom is -0.506 e. The highest BCUT2D eigenvalue weighted by Crippen LogP contribution is 2.39. The zero-order chi connectivity index (χ0) is 14.9. The quantitative estimate of drug-likeness (QED) is 0.845. The normalized spacial score (nSPS) is 10.4. The van der Waals surface area contributed by atoms with Gasteiger partial charge in [0.15, 0.2) is 0 Å². The lowest BCUT2D eigenvalue weighted by Gasteiger charge is -2.18. The number of hydrogen-bond donors (Lipinski definition) is 1. The SMILES string of the molecule is COC(=O)c1c(C)c(C)c(C)c(-c2ccccc2)c1O. The average molecular weight is 270 g/mol. The molecule has 2 rings (SSSR count). The fraction of sp³-hybridized carbons (Fsp3) is 0.235. The highest BCUT2D eigenvalue weighted by atomic mass is 16.5. The Morgan fingerprint density at radius 2 is 1.60 bits per heavy atom. The summed E-state index contributed by atoms with van der Waals surface area (Å²) in [4.78, 5) is 11.9. The minimum absolute atomic E-state index is 0.0105. The van der Waals surface area contributed by atoms with Crippen molar-refractivity contribution >= 4 is 5.97 Å². The topological polar surface area (TPSA) is 46.5 Å². The van der Waals surface area contributed by atoms with Crippen LogP contribution < -0.4 is 0 Å². The van der Waals surface area contributed by atoms with Crippen molar-refractivity contribution in [1.82, 2.24) is 0 Å². The fourth-order valence-electron chi connectivity index (χ4n) is 2.45. The molecule has 0 aromatic heterocycles. The van der Waals surface area contributed by atoms with Crippen LogP contribution in [0.2, 0.25) is 0 Å². The van der Waals surface area contributed by atoms with Crippen LogP contribution in [0.15, 0.2) is 30.3 Å². The van der Waals surface area contributed by atoms with E-state index in [2.05, 4.69) is 0 Å². The summed E-state index contributed by atoms with van der Waals surface area (Å²) >= 11 is 0. The van der Waals surface area contributed by atoms with Gasteiger partial charge in [-0.1, -0.05) is 30.3 Å². The van der Waals surface area contributed by atoms with Gasteiger partial charge in [-0.15, -0.1) is 0 Å². The minimum atomic E-state index is -0.514. The first-order chi connectivity index (χ1) is 9.49. The van der Waals surface area contributed by atoms with Crippen molar-refractivity contribution in [2.45, 2.75) is 20.8 Å². The van der Waals surface area contributed by atoms with Gasteiger partial charge in [0.2, 0.25) is 0 Å². The Morgan fingerprint density at radius 1 is 1.00 bits per heavy atom. The van der Waals surface area contributed by atoms with Gasteiger partial charge in [0, 0.05) is 5.56 Å². The highest BCUT2D eigenvalue weighted by molar-refractivity contribution is 5.98. The number of ether oxygens (including phenoxy) is 1. The van der Waals surface area contributed by atoms with Gasteiger partial charge in [0.1, 0.15) is 11.3 Å². The Morgan fingerprint density at radius 3 is 2.15 bits per heavy atom. The van der Waals surface area contributed by atoms with Crippen LogP contribution in [0.5, 0.6) is 5.75 Å². The number of carbonyl (C=O) groups is 1. The molecular weight excluding hydrogens is 252 g/mol. The monoisotopic (exact) mass is 270 g/mol. The molecule has 0 radical (unpaired) electrons. The molecule has 3 nitrogen and oxygen atoms in total. The molecule has 0 heterocycles. The lowest BCUT2D eigenvalue weighted by Crippen LogP contribution is -2.08. The van der Waals surface area contributed by atoms with Gasteiger partial charge in [-0.3, -0.25) is 0 Å². The number of aromatic hydroxyl groups is 1. The summed E-state index contributed by atoms with van der Waals surface area (Å²) in [5, 5.41) is 10.5. The predicted octanol–water partition coefficient (Wildman–Crippen LogP) is 3.77. The maximum Gasteiger partial charge on any atom is 0.341 e. The molecule has 0 unspecified atom stereocenters. The summed E-state index contributed by atoms with van der Waals surface area (Å²) in [5.74, 6) is -0.524. The smallest absolute Gasteiger partial charge is 0.341 e. The van der Waals surface area contributed by atoms with Gasteiger partial charge in [0.05, 0.1) is 7.11 Å². The average Bonchev–Trinajstić information content (AvgIpc) is 2.46. The second-order valence-electron chi connectivity index (χ2n) is 4.83. The Labute approximate surface area is 118 Å². The van der Waals surface area contributed by atoms with E-state index in [1.54, 1.807) is 0 Å². The Kier molecular flexibility index (Phi) is 3.79. The van der Waals surface area contributed by atoms with Gasteiger partial charge in [-0.25, -0.2) is 4.79 Å². The molecule has 0 saturated carbocycles. The number of phenols is 1. The van der Waals surface area contributed by atoms with Crippen LogP contribution in [0.1, 0.15) is 27.0 Å². The van der Waals surface area contributed by atoms with Gasteiger partial charge in [-0.05, 0) is 43.0 Å². The van der Waals surface area contributed by atoms with Crippen molar-refractivity contribution in [2.24, 2.45) is 0 Å². The van der Waals surface area contributed by atoms with Gasteiger partial charge in [-0.2, -0.15) is 0 Å². The van der Waals surface area contributed by atoms with Gasteiger partial charge < -0.3 is 9.84 Å². The van der Waals surface area contributed by atoms with Crippen molar-refractivity contribution < 1.29 is 14.6 Å². The first-order valence-electron chi connectivity index (χ1n) is 6.45. The molecule has 0 aliphatic carbocycles. The van der Waals surface area contributed by atoms with Crippen LogP contribution in [0, 0.1) is 20.8 Å². The van der Waals surface area contributed by atoms with Crippen molar-refractivity contribution in [1.29, 1.82) is 0 Å². The molecule has 0 spiro atoms. The molecule has 0 atom stereocenters. The summed E-state index contributed by atoms with van der Waals surface area (Å²) in [6, 6.07) is 9.55. The van der Waals surface area contributed by atoms with Crippen LogP contribution in [0.25, 0.3) is 11.1 Å². The molecule has 0 aliphatic rings. The number of phenolic OH excluding ortho intramolecular Hbond substituents is 1. The van der Waals surface area contributed by atoms with E-state index in [1.165, 1.54) is 7.11 Å². The van der Waals surface area contributed by atoms with Gasteiger partial charge >= 0.3 is 5.97 Å². The van der Waals surface area contributed by atoms with Crippen molar-refractivity contribution in [3.05, 3.63) is 52.6 Å². The number of carbonyl (C=O) groups excluding carboxylic acids is 1. The number of methoxy groups -OCH3 is 1. The van der Waals surface area contributed by atoms with Crippen LogP contribution in [0.4, 0.5) is 0 Å². The summed E-state index contributed by atoms with van der Waals surface area (Å²) < 4.78 is 4.78. The van der Waals surface area contributed by atoms with Crippen molar-refractivity contribution in [2.75, 3.05) is 7.11 Å². The molecule has 0 aliphatic heterocycles. The third-order valence-corrected chi connectivity index (χ3v) is 3.80. The summed E-state index contributed by atoms with van der Waals surface area (Å²) in [7, 11) is 1.32. The van der Waals surface area contributed by atoms with Crippen molar-refractivity contribution in [3.8, 4) is 16.9 Å². The lowest BCUT2D eigenvalue weighted by atomic mass is 9.89. The standard InChI is InChI=1S/C17H18O3/c1-10-11(2)14(13-8-6-5-7-9-13)16(18)15(12(10)3)17(19)20-4/h5-9,18H,1-4H3. The molecule has 0 saturated heterocycles. The Hall–Kier alpha value is -2.29. The maximum absolute atomic E-state index is 11.9. The Bertz CT molecular complexity index is 658. The predicted molar refractivity (Wildman–Crippen MR) is 79.1 cm³/mol. The van der Waals surface area contributed by atoms with E-state index in [0.29, 0.717) is 5.56 Å². The molecule has 20 heavy (non-hydrogen) atoms. The van der Waals surface area contributed by atoms with E-state index in [-0.39, 0.29) is 11.3 Å². The number of esters is 1. The molecular formula is C17H18O3. The Balaban J connectivity index is 2.82. The molecule has 0 bridgehead atoms. The van der Waals surface area contributed by atoms with Gasteiger partial charge in [0.25, 0.3) is 0 Å². The van der Waals surface area contributed by atoms with Crippen LogP contribution in [-0.4, -0.2) is 18.2 Å². The zero-order valence-electron chi connectivity index (χ0n) is 12.2. The van der Waals surface area contributed by atoms with E-state index < -0.39 is 5.97 Å². The lowest BCUT2D eigenvalue weighted by molar-refractivity contribution is 0.0596. The van der Waals surface area contributed by atoms with Crippen LogP contribution >= 0.6 is 0 Å². The molecule has 2 aromatic rings. The molecule has 2 aromatic carbocycles. The van der Waals surface area contributed by atoms with E-state index in [1.807, 2.05) is 51.1 Å². The third-order valence-electron chi connectivity index (χ3n) is 3.80. The first-order valence-corrected chi connectivity index (χ1v) is 6.45. The first kappa shape index (κ1) is 14.1. The van der Waals surface area contributed by atoms with E-state index in [9.17, 15) is 9.90 Å². The summed E-state index contributed by atoms with van der Waals surface area (Å²) in [5.41, 5.74) is 4.53. The van der Waals surface area contributed by atoms with E-state index in [0.717, 1.165) is 22.3 Å². The molecule has 104 valence electrons. The molecule has 0 amide bonds.